The van der Waals surface area contributed by atoms with Gasteiger partial charge in [0.1, 0.15) is 0 Å². The van der Waals surface area contributed by atoms with Crippen LogP contribution in [-0.2, 0) is 6.42 Å². The Morgan fingerprint density at radius 2 is 2.15 bits per heavy atom. The lowest BCUT2D eigenvalue weighted by Gasteiger charge is -2.09. The van der Waals surface area contributed by atoms with E-state index >= 15 is 0 Å². The van der Waals surface area contributed by atoms with Crippen molar-refractivity contribution < 1.29 is 5.11 Å². The normalized spacial score (nSPS) is 10.8. The van der Waals surface area contributed by atoms with E-state index < -0.39 is 0 Å². The van der Waals surface area contributed by atoms with E-state index in [9.17, 15) is 0 Å². The number of aliphatic hydroxyl groups excluding tert-OH is 1. The monoisotopic (exact) mass is 241 g/mol. The van der Waals surface area contributed by atoms with Crippen LogP contribution in [0.25, 0.3) is 0 Å². The highest BCUT2D eigenvalue weighted by molar-refractivity contribution is 9.10. The van der Waals surface area contributed by atoms with Crippen molar-refractivity contribution in [1.29, 1.82) is 0 Å². The molecule has 0 aliphatic rings. The van der Waals surface area contributed by atoms with Crippen LogP contribution < -0.4 is 0 Å². The number of rotatable bonds is 3. The van der Waals surface area contributed by atoms with Crippen molar-refractivity contribution in [2.45, 2.75) is 20.3 Å². The van der Waals surface area contributed by atoms with Crippen LogP contribution in [-0.4, -0.2) is 11.7 Å². The summed E-state index contributed by atoms with van der Waals surface area (Å²) in [7, 11) is 0. The van der Waals surface area contributed by atoms with E-state index in [0.29, 0.717) is 0 Å². The van der Waals surface area contributed by atoms with E-state index in [4.69, 9.17) is 5.11 Å². The van der Waals surface area contributed by atoms with Crippen LogP contribution in [0.2, 0.25) is 0 Å². The van der Waals surface area contributed by atoms with Gasteiger partial charge >= 0.3 is 0 Å². The summed E-state index contributed by atoms with van der Waals surface area (Å²) in [6.07, 6.45) is 1.03. The summed E-state index contributed by atoms with van der Waals surface area (Å²) in [6.45, 7) is 4.19. The Labute approximate surface area is 87.9 Å². The summed E-state index contributed by atoms with van der Waals surface area (Å²) in [4.78, 5) is 0. The van der Waals surface area contributed by atoms with Crippen molar-refractivity contribution >= 4 is 15.9 Å². The predicted octanol–water partition coefficient (Wildman–Crippen LogP) is 2.95. The van der Waals surface area contributed by atoms with Crippen molar-refractivity contribution in [3.05, 3.63) is 39.7 Å². The first-order chi connectivity index (χ1) is 6.19. The fourth-order valence-corrected chi connectivity index (χ4v) is 1.85. The molecule has 2 heteroatoms. The molecule has 13 heavy (non-hydrogen) atoms. The second-order valence-corrected chi connectivity index (χ2v) is 3.95. The minimum atomic E-state index is 0.123. The molecule has 1 nitrogen and oxygen atoms in total. The molecule has 1 rings (SSSR count). The zero-order chi connectivity index (χ0) is 9.84. The van der Waals surface area contributed by atoms with Crippen LogP contribution in [0.15, 0.2) is 22.7 Å². The van der Waals surface area contributed by atoms with Crippen molar-refractivity contribution in [2.75, 3.05) is 6.61 Å². The molecule has 1 N–H and O–H groups in total. The Kier molecular flexibility index (Phi) is 3.94. The van der Waals surface area contributed by atoms with E-state index in [-0.39, 0.29) is 6.61 Å². The molecule has 0 atom stereocenters. The van der Waals surface area contributed by atoms with Crippen LogP contribution in [0.3, 0.4) is 0 Å². The highest BCUT2D eigenvalue weighted by atomic mass is 79.9. The maximum Gasteiger partial charge on any atom is 0.0534 e. The molecule has 0 aliphatic carbocycles. The second-order valence-electron chi connectivity index (χ2n) is 3.10. The van der Waals surface area contributed by atoms with Crippen molar-refractivity contribution in [2.24, 2.45) is 0 Å². The SMILES string of the molecule is CCc1ccc([C](C)CO)cc1Br. The molecule has 1 aromatic rings. The number of hydrogen-bond acceptors (Lipinski definition) is 1. The molecule has 0 saturated heterocycles. The Hall–Kier alpha value is -0.340. The number of hydrogen-bond donors (Lipinski definition) is 1. The van der Waals surface area contributed by atoms with Gasteiger partial charge in [-0.3, -0.25) is 0 Å². The molecule has 0 unspecified atom stereocenters. The topological polar surface area (TPSA) is 20.2 Å². The van der Waals surface area contributed by atoms with Crippen molar-refractivity contribution in [3.63, 3.8) is 0 Å². The maximum atomic E-state index is 8.95. The van der Waals surface area contributed by atoms with E-state index in [0.717, 1.165) is 22.4 Å². The standard InChI is InChI=1S/C11H14BrO/c1-3-9-4-5-10(6-11(9)12)8(2)7-13/h4-6,13H,3,7H2,1-2H3. The van der Waals surface area contributed by atoms with E-state index in [2.05, 4.69) is 41.1 Å². The van der Waals surface area contributed by atoms with Crippen LogP contribution in [0.4, 0.5) is 0 Å². The number of halogens is 1. The van der Waals surface area contributed by atoms with E-state index in [1.807, 2.05) is 6.92 Å². The molecular formula is C11H14BrO. The van der Waals surface area contributed by atoms with Gasteiger partial charge in [0.05, 0.1) is 6.61 Å². The third-order valence-corrected chi connectivity index (χ3v) is 2.90. The number of benzene rings is 1. The molecule has 0 saturated carbocycles. The van der Waals surface area contributed by atoms with Gasteiger partial charge in [-0.2, -0.15) is 0 Å². The Morgan fingerprint density at radius 1 is 1.46 bits per heavy atom. The molecule has 0 spiro atoms. The van der Waals surface area contributed by atoms with Crippen LogP contribution >= 0.6 is 15.9 Å². The van der Waals surface area contributed by atoms with Gasteiger partial charge in [0.2, 0.25) is 0 Å². The lowest BCUT2D eigenvalue weighted by molar-refractivity contribution is 0.315. The Balaban J connectivity index is 2.95. The quantitative estimate of drug-likeness (QED) is 0.863. The molecule has 0 fully saturated rings. The summed E-state index contributed by atoms with van der Waals surface area (Å²) in [5, 5.41) is 8.95. The summed E-state index contributed by atoms with van der Waals surface area (Å²) in [6, 6.07) is 6.21. The van der Waals surface area contributed by atoms with Gasteiger partial charge in [-0.1, -0.05) is 41.9 Å². The predicted molar refractivity (Wildman–Crippen MR) is 58.6 cm³/mol. The first-order valence-corrected chi connectivity index (χ1v) is 5.20. The molecular weight excluding hydrogens is 228 g/mol. The smallest absolute Gasteiger partial charge is 0.0534 e. The highest BCUT2D eigenvalue weighted by Gasteiger charge is 2.06. The van der Waals surface area contributed by atoms with Gasteiger partial charge in [-0.25, -0.2) is 0 Å². The van der Waals surface area contributed by atoms with Crippen molar-refractivity contribution in [1.82, 2.24) is 0 Å². The second kappa shape index (κ2) is 4.77. The summed E-state index contributed by atoms with van der Waals surface area (Å²) in [5.41, 5.74) is 2.40. The van der Waals surface area contributed by atoms with Crippen LogP contribution in [0.1, 0.15) is 25.0 Å². The van der Waals surface area contributed by atoms with Gasteiger partial charge in [0.25, 0.3) is 0 Å². The average Bonchev–Trinajstić information content (AvgIpc) is 2.16. The molecule has 0 amide bonds. The van der Waals surface area contributed by atoms with Gasteiger partial charge < -0.3 is 5.11 Å². The van der Waals surface area contributed by atoms with Gasteiger partial charge in [-0.05, 0) is 23.6 Å². The first-order valence-electron chi connectivity index (χ1n) is 4.41. The number of aryl methyl sites for hydroxylation is 1. The largest absolute Gasteiger partial charge is 0.395 e. The minimum Gasteiger partial charge on any atom is -0.395 e. The Bertz CT molecular complexity index is 283. The fourth-order valence-electron chi connectivity index (χ4n) is 1.19. The van der Waals surface area contributed by atoms with Gasteiger partial charge in [0.15, 0.2) is 0 Å². The van der Waals surface area contributed by atoms with Crippen LogP contribution in [0.5, 0.6) is 0 Å². The van der Waals surface area contributed by atoms with E-state index in [1.165, 1.54) is 5.56 Å². The van der Waals surface area contributed by atoms with Gasteiger partial charge in [0, 0.05) is 10.4 Å². The third-order valence-electron chi connectivity index (χ3n) is 2.16. The fraction of sp³-hybridized carbons (Fsp3) is 0.364. The lowest BCUT2D eigenvalue weighted by Crippen LogP contribution is -2.00. The molecule has 71 valence electrons. The highest BCUT2D eigenvalue weighted by Crippen LogP contribution is 2.23. The number of aliphatic hydroxyl groups is 1. The molecule has 0 aliphatic heterocycles. The van der Waals surface area contributed by atoms with Crippen molar-refractivity contribution in [3.8, 4) is 0 Å². The maximum absolute atomic E-state index is 8.95. The average molecular weight is 242 g/mol. The molecule has 1 aromatic carbocycles. The minimum absolute atomic E-state index is 0.123. The van der Waals surface area contributed by atoms with Crippen LogP contribution in [0, 0.1) is 5.92 Å². The zero-order valence-corrected chi connectivity index (χ0v) is 9.56. The zero-order valence-electron chi connectivity index (χ0n) is 7.97. The molecule has 0 aromatic heterocycles. The molecule has 0 bridgehead atoms. The third kappa shape index (κ3) is 2.55. The molecule has 1 radical (unpaired) electrons. The lowest BCUT2D eigenvalue weighted by atomic mass is 10.0. The van der Waals surface area contributed by atoms with E-state index in [1.54, 1.807) is 0 Å². The first kappa shape index (κ1) is 10.7. The molecule has 0 heterocycles. The van der Waals surface area contributed by atoms with Gasteiger partial charge in [-0.15, -0.1) is 0 Å². The Morgan fingerprint density at radius 3 is 2.62 bits per heavy atom. The summed E-state index contributed by atoms with van der Waals surface area (Å²) < 4.78 is 1.13. The summed E-state index contributed by atoms with van der Waals surface area (Å²) >= 11 is 3.51. The summed E-state index contributed by atoms with van der Waals surface area (Å²) in [5.74, 6) is 1.00.